The van der Waals surface area contributed by atoms with E-state index >= 15 is 0 Å². The Balaban J connectivity index is 1.32. The van der Waals surface area contributed by atoms with E-state index in [1.54, 1.807) is 0 Å². The molecule has 8 aromatic carbocycles. The van der Waals surface area contributed by atoms with Gasteiger partial charge in [0.1, 0.15) is 0 Å². The highest BCUT2D eigenvalue weighted by Crippen LogP contribution is 2.54. The summed E-state index contributed by atoms with van der Waals surface area (Å²) >= 11 is 1.94. The van der Waals surface area contributed by atoms with Gasteiger partial charge in [0.2, 0.25) is 0 Å². The van der Waals surface area contributed by atoms with Crippen LogP contribution in [0.4, 0.5) is 34.1 Å². The van der Waals surface area contributed by atoms with Crippen molar-refractivity contribution in [3.05, 3.63) is 185 Å². The second-order valence-corrected chi connectivity index (χ2v) is 23.8. The molecule has 0 N–H and O–H groups in total. The van der Waals surface area contributed by atoms with Gasteiger partial charge in [-0.2, -0.15) is 0 Å². The van der Waals surface area contributed by atoms with Crippen LogP contribution in [-0.4, -0.2) is 4.40 Å². The van der Waals surface area contributed by atoms with E-state index in [0.717, 1.165) is 11.4 Å². The number of nitrogens with zero attached hydrogens (tertiary/aromatic N) is 3. The number of aromatic nitrogens is 1. The molecule has 0 saturated carbocycles. The maximum absolute atomic E-state index is 2.66. The first-order valence-electron chi connectivity index (χ1n) is 24.3. The van der Waals surface area contributed by atoms with Crippen molar-refractivity contribution in [3.8, 4) is 0 Å². The van der Waals surface area contributed by atoms with E-state index in [-0.39, 0.29) is 16.2 Å². The van der Waals surface area contributed by atoms with Crippen LogP contribution in [0.5, 0.6) is 0 Å². The first kappa shape index (κ1) is 43.9. The van der Waals surface area contributed by atoms with Crippen molar-refractivity contribution in [2.24, 2.45) is 0 Å². The second kappa shape index (κ2) is 15.5. The van der Waals surface area contributed by atoms with Crippen molar-refractivity contribution >= 4 is 104 Å². The van der Waals surface area contributed by atoms with Gasteiger partial charge >= 0.3 is 0 Å². The fourth-order valence-electron chi connectivity index (χ4n) is 10.9. The average molecular weight is 906 g/mol. The summed E-state index contributed by atoms with van der Waals surface area (Å²) in [6.07, 6.45) is 0. The van der Waals surface area contributed by atoms with Crippen LogP contribution in [0.2, 0.25) is 0 Å². The Bertz CT molecular complexity index is 3760. The summed E-state index contributed by atoms with van der Waals surface area (Å²) in [7, 11) is 0. The Labute approximate surface area is 406 Å². The molecular formula is C64H63N3S. The highest BCUT2D eigenvalue weighted by Gasteiger charge is 2.30. The van der Waals surface area contributed by atoms with E-state index < -0.39 is 0 Å². The smallest absolute Gasteiger partial charge is 0.0729 e. The zero-order chi connectivity index (χ0) is 47.8. The fraction of sp³-hybridized carbons (Fsp3) is 0.250. The maximum atomic E-state index is 2.66. The fourth-order valence-corrected chi connectivity index (χ4v) is 12.2. The number of rotatable bonds is 6. The molecule has 0 aliphatic rings. The number of anilines is 6. The van der Waals surface area contributed by atoms with Crippen molar-refractivity contribution in [2.45, 2.75) is 106 Å². The third-order valence-electron chi connectivity index (χ3n) is 14.2. The van der Waals surface area contributed by atoms with Crippen molar-refractivity contribution in [2.75, 3.05) is 9.80 Å². The molecule has 0 saturated heterocycles. The summed E-state index contributed by atoms with van der Waals surface area (Å²) in [4.78, 5) is 5.07. The lowest BCUT2D eigenvalue weighted by atomic mass is 9.86. The molecule has 3 nitrogen and oxygen atoms in total. The quantitative estimate of drug-likeness (QED) is 0.165. The van der Waals surface area contributed by atoms with Gasteiger partial charge < -0.3 is 14.2 Å². The standard InChI is InChI=1S/C64H63N3S/c1-38-28-39(2)31-47(30-38)65(45-20-16-18-42(34-45)62(5,6)7)53-26-25-51-57-50-23-15-14-22-49(50)54(66(48-32-40(3)29-41(4)33-48)46-21-17-19-43(35-46)63(8,9)10)37-55(57)67-59(51)58(53)61-60(67)52-36-44(64(11,12)13)24-27-56(52)68-61/h14-37H,1-13H3. The average Bonchev–Trinajstić information content (AvgIpc) is 3.91. The third-order valence-corrected chi connectivity index (χ3v) is 15.4. The van der Waals surface area contributed by atoms with E-state index in [0.29, 0.717) is 0 Å². The number of fused-ring (bicyclic) bond motifs is 10. The van der Waals surface area contributed by atoms with Gasteiger partial charge in [0.15, 0.2) is 0 Å². The van der Waals surface area contributed by atoms with Gasteiger partial charge in [0, 0.05) is 54.4 Å². The lowest BCUT2D eigenvalue weighted by molar-refractivity contribution is 0.590. The Kier molecular flexibility index (Phi) is 9.98. The van der Waals surface area contributed by atoms with Gasteiger partial charge in [0.25, 0.3) is 0 Å². The van der Waals surface area contributed by atoms with Crippen molar-refractivity contribution < 1.29 is 0 Å². The molecule has 0 radical (unpaired) electrons. The van der Waals surface area contributed by atoms with Crippen molar-refractivity contribution in [1.29, 1.82) is 0 Å². The summed E-state index contributed by atoms with van der Waals surface area (Å²) in [5.74, 6) is 0. The molecule has 11 aromatic rings. The van der Waals surface area contributed by atoms with E-state index in [9.17, 15) is 0 Å². The van der Waals surface area contributed by atoms with Crippen LogP contribution in [0.25, 0.3) is 58.3 Å². The first-order valence-corrected chi connectivity index (χ1v) is 25.1. The van der Waals surface area contributed by atoms with E-state index in [1.807, 2.05) is 11.3 Å². The van der Waals surface area contributed by atoms with Crippen molar-refractivity contribution in [1.82, 2.24) is 4.40 Å². The van der Waals surface area contributed by atoms with Gasteiger partial charge in [-0.25, -0.2) is 0 Å². The minimum Gasteiger partial charge on any atom is -0.310 e. The summed E-state index contributed by atoms with van der Waals surface area (Å²) in [5, 5.41) is 7.66. The monoisotopic (exact) mass is 905 g/mol. The molecule has 11 rings (SSSR count). The molecule has 3 aromatic heterocycles. The van der Waals surface area contributed by atoms with Gasteiger partial charge in [-0.05, 0) is 161 Å². The van der Waals surface area contributed by atoms with Crippen LogP contribution in [0.1, 0.15) is 101 Å². The zero-order valence-electron chi connectivity index (χ0n) is 42.1. The summed E-state index contributed by atoms with van der Waals surface area (Å²) in [5.41, 5.74) is 19.7. The molecule has 0 fully saturated rings. The van der Waals surface area contributed by atoms with E-state index in [2.05, 4.69) is 250 Å². The highest BCUT2D eigenvalue weighted by molar-refractivity contribution is 7.26. The third kappa shape index (κ3) is 7.14. The van der Waals surface area contributed by atoms with Crippen LogP contribution < -0.4 is 9.80 Å². The van der Waals surface area contributed by atoms with Gasteiger partial charge in [0.05, 0.1) is 32.6 Å². The predicted octanol–water partition coefficient (Wildman–Crippen LogP) is 19.3. The normalized spacial score (nSPS) is 12.8. The maximum Gasteiger partial charge on any atom is 0.0729 e. The van der Waals surface area contributed by atoms with Crippen molar-refractivity contribution in [3.63, 3.8) is 0 Å². The zero-order valence-corrected chi connectivity index (χ0v) is 42.9. The molecule has 4 heteroatoms. The van der Waals surface area contributed by atoms with Crippen LogP contribution in [0.15, 0.2) is 146 Å². The molecule has 0 amide bonds. The SMILES string of the molecule is Cc1cc(C)cc(N(c2cccc(C(C)(C)C)c2)c2cc3c(c4ccccc24)c2ccc(N(c4cc(C)cc(C)c4)c4cccc(C(C)(C)C)c4)c4c5sc6ccc(C(C)(C)C)cc6c5n3c24)c1. The highest BCUT2D eigenvalue weighted by atomic mass is 32.1. The molecular weight excluding hydrogens is 843 g/mol. The molecule has 0 aliphatic heterocycles. The Morgan fingerprint density at radius 3 is 1.44 bits per heavy atom. The largest absolute Gasteiger partial charge is 0.310 e. The summed E-state index contributed by atoms with van der Waals surface area (Å²) < 4.78 is 5.29. The van der Waals surface area contributed by atoms with Gasteiger partial charge in [-0.3, -0.25) is 0 Å². The molecule has 68 heavy (non-hydrogen) atoms. The molecule has 3 heterocycles. The topological polar surface area (TPSA) is 10.9 Å². The first-order chi connectivity index (χ1) is 32.2. The Morgan fingerprint density at radius 1 is 0.382 bits per heavy atom. The second-order valence-electron chi connectivity index (χ2n) is 22.7. The van der Waals surface area contributed by atoms with Gasteiger partial charge in [-0.15, -0.1) is 11.3 Å². The number of hydrogen-bond donors (Lipinski definition) is 0. The molecule has 0 bridgehead atoms. The number of aryl methyl sites for hydroxylation is 4. The molecule has 340 valence electrons. The van der Waals surface area contributed by atoms with Crippen LogP contribution in [0, 0.1) is 27.7 Å². The number of benzene rings is 8. The Morgan fingerprint density at radius 2 is 0.897 bits per heavy atom. The molecule has 0 atom stereocenters. The van der Waals surface area contributed by atoms with E-state index in [1.165, 1.54) is 120 Å². The van der Waals surface area contributed by atoms with Crippen LogP contribution in [-0.2, 0) is 16.2 Å². The minimum absolute atomic E-state index is 0.0109. The summed E-state index contributed by atoms with van der Waals surface area (Å²) in [6, 6.07) is 56.1. The minimum atomic E-state index is -0.0170. The summed E-state index contributed by atoms with van der Waals surface area (Å²) in [6.45, 7) is 29.8. The lowest BCUT2D eigenvalue weighted by Gasteiger charge is -2.30. The van der Waals surface area contributed by atoms with E-state index in [4.69, 9.17) is 0 Å². The lowest BCUT2D eigenvalue weighted by Crippen LogP contribution is -2.15. The Hall–Kier alpha value is -6.62. The number of thiophene rings is 1. The van der Waals surface area contributed by atoms with Crippen LogP contribution in [0.3, 0.4) is 0 Å². The molecule has 0 unspecified atom stereocenters. The predicted molar refractivity (Wildman–Crippen MR) is 298 cm³/mol. The molecule has 0 spiro atoms. The van der Waals surface area contributed by atoms with Gasteiger partial charge in [-0.1, -0.05) is 135 Å². The van der Waals surface area contributed by atoms with Crippen LogP contribution >= 0.6 is 11.3 Å². The number of hydrogen-bond acceptors (Lipinski definition) is 3. The molecule has 0 aliphatic carbocycles.